The number of nitrogen functional groups attached to an aromatic ring is 1. The summed E-state index contributed by atoms with van der Waals surface area (Å²) in [5, 5.41) is 3.56. The Bertz CT molecular complexity index is 336. The average molecular weight is 149 g/mol. The fraction of sp³-hybridized carbons (Fsp3) is 0. The third kappa shape index (κ3) is 0.881. The highest BCUT2D eigenvalue weighted by Gasteiger charge is 2.05. The predicted octanol–water partition coefficient (Wildman–Crippen LogP) is 1.25. The predicted molar refractivity (Wildman–Crippen MR) is 40.7 cm³/mol. The van der Waals surface area contributed by atoms with Gasteiger partial charge in [0.25, 0.3) is 0 Å². The third-order valence-corrected chi connectivity index (χ3v) is 1.51. The van der Waals surface area contributed by atoms with Gasteiger partial charge in [0.1, 0.15) is 0 Å². The van der Waals surface area contributed by atoms with Gasteiger partial charge in [0.2, 0.25) is 5.88 Å². The molecule has 0 amide bonds. The third-order valence-electron chi connectivity index (χ3n) is 1.51. The van der Waals surface area contributed by atoms with Crippen LogP contribution in [-0.2, 0) is 0 Å². The van der Waals surface area contributed by atoms with Crippen LogP contribution in [0.2, 0.25) is 0 Å². The van der Waals surface area contributed by atoms with Crippen LogP contribution in [0.3, 0.4) is 0 Å². The van der Waals surface area contributed by atoms with Crippen LogP contribution in [0, 0.1) is 0 Å². The minimum atomic E-state index is 0.351. The molecule has 0 saturated heterocycles. The maximum atomic E-state index is 5.49. The summed E-state index contributed by atoms with van der Waals surface area (Å²) in [4.78, 5) is 2.92. The second-order valence-electron chi connectivity index (χ2n) is 2.20. The lowest BCUT2D eigenvalue weighted by Gasteiger charge is -1.88. The van der Waals surface area contributed by atoms with Crippen molar-refractivity contribution in [2.75, 3.05) is 5.73 Å². The number of H-pyrrole nitrogens is 1. The molecule has 0 aliphatic rings. The van der Waals surface area contributed by atoms with Gasteiger partial charge < -0.3 is 15.2 Å². The van der Waals surface area contributed by atoms with Crippen LogP contribution in [0.4, 0.5) is 5.88 Å². The highest BCUT2D eigenvalue weighted by atomic mass is 16.5. The van der Waals surface area contributed by atoms with Crippen molar-refractivity contribution in [3.8, 4) is 11.1 Å². The van der Waals surface area contributed by atoms with Gasteiger partial charge in [-0.25, -0.2) is 0 Å². The molecule has 0 unspecified atom stereocenters. The summed E-state index contributed by atoms with van der Waals surface area (Å²) in [6.07, 6.45) is 5.25. The quantitative estimate of drug-likeness (QED) is 0.641. The Morgan fingerprint density at radius 2 is 2.45 bits per heavy atom. The van der Waals surface area contributed by atoms with Crippen molar-refractivity contribution in [2.24, 2.45) is 0 Å². The molecule has 2 heterocycles. The zero-order valence-corrected chi connectivity index (χ0v) is 5.74. The van der Waals surface area contributed by atoms with Crippen molar-refractivity contribution in [1.29, 1.82) is 0 Å². The Morgan fingerprint density at radius 3 is 3.00 bits per heavy atom. The van der Waals surface area contributed by atoms with E-state index >= 15 is 0 Å². The van der Waals surface area contributed by atoms with Crippen LogP contribution >= 0.6 is 0 Å². The molecule has 56 valence electrons. The van der Waals surface area contributed by atoms with Crippen molar-refractivity contribution < 1.29 is 4.52 Å². The smallest absolute Gasteiger partial charge is 0.230 e. The standard InChI is InChI=1S/C7H7N3O/c8-7-6(4-10-11-7)5-1-2-9-3-5/h1-4,9H,8H2. The van der Waals surface area contributed by atoms with Gasteiger partial charge in [-0.2, -0.15) is 0 Å². The Labute approximate surface area is 63.0 Å². The highest BCUT2D eigenvalue weighted by Crippen LogP contribution is 2.23. The van der Waals surface area contributed by atoms with E-state index in [0.29, 0.717) is 5.88 Å². The first-order valence-corrected chi connectivity index (χ1v) is 3.21. The molecule has 2 aromatic heterocycles. The number of aromatic nitrogens is 2. The molecule has 0 aromatic carbocycles. The van der Waals surface area contributed by atoms with Gasteiger partial charge >= 0.3 is 0 Å². The van der Waals surface area contributed by atoms with Crippen LogP contribution in [0.5, 0.6) is 0 Å². The van der Waals surface area contributed by atoms with Gasteiger partial charge in [-0.3, -0.25) is 0 Å². The number of anilines is 1. The summed E-state index contributed by atoms with van der Waals surface area (Å²) >= 11 is 0. The molecule has 0 aliphatic heterocycles. The van der Waals surface area contributed by atoms with Crippen LogP contribution in [0.1, 0.15) is 0 Å². The lowest BCUT2D eigenvalue weighted by Crippen LogP contribution is -1.82. The second-order valence-corrected chi connectivity index (χ2v) is 2.20. The maximum absolute atomic E-state index is 5.49. The number of nitrogens with one attached hydrogen (secondary N) is 1. The van der Waals surface area contributed by atoms with Crippen molar-refractivity contribution in [1.82, 2.24) is 10.1 Å². The molecule has 4 nitrogen and oxygen atoms in total. The number of hydrogen-bond donors (Lipinski definition) is 2. The van der Waals surface area contributed by atoms with E-state index in [1.165, 1.54) is 0 Å². The lowest BCUT2D eigenvalue weighted by molar-refractivity contribution is 0.436. The van der Waals surface area contributed by atoms with Crippen molar-refractivity contribution in [3.63, 3.8) is 0 Å². The van der Waals surface area contributed by atoms with E-state index in [1.54, 1.807) is 6.20 Å². The molecule has 0 bridgehead atoms. The normalized spacial score (nSPS) is 10.2. The summed E-state index contributed by atoms with van der Waals surface area (Å²) in [5.41, 5.74) is 7.30. The SMILES string of the molecule is Nc1oncc1-c1cc[nH]c1. The van der Waals surface area contributed by atoms with Crippen LogP contribution in [0.25, 0.3) is 11.1 Å². The first kappa shape index (κ1) is 6.03. The van der Waals surface area contributed by atoms with Gasteiger partial charge in [-0.05, 0) is 6.07 Å². The van der Waals surface area contributed by atoms with Crippen molar-refractivity contribution >= 4 is 5.88 Å². The van der Waals surface area contributed by atoms with Crippen LogP contribution in [0.15, 0.2) is 29.2 Å². The minimum absolute atomic E-state index is 0.351. The van der Waals surface area contributed by atoms with E-state index in [-0.39, 0.29) is 0 Å². The summed E-state index contributed by atoms with van der Waals surface area (Å²) in [5.74, 6) is 0.351. The number of nitrogens with zero attached hydrogens (tertiary/aromatic N) is 1. The van der Waals surface area contributed by atoms with E-state index in [0.717, 1.165) is 11.1 Å². The maximum Gasteiger partial charge on any atom is 0.230 e. The fourth-order valence-corrected chi connectivity index (χ4v) is 0.957. The zero-order valence-electron chi connectivity index (χ0n) is 5.74. The molecule has 0 spiro atoms. The summed E-state index contributed by atoms with van der Waals surface area (Å²) in [6, 6.07) is 1.91. The van der Waals surface area contributed by atoms with E-state index in [4.69, 9.17) is 10.3 Å². The molecule has 3 N–H and O–H groups in total. The molecule has 2 rings (SSSR count). The molecule has 0 saturated carbocycles. The van der Waals surface area contributed by atoms with E-state index < -0.39 is 0 Å². The molecular formula is C7H7N3O. The van der Waals surface area contributed by atoms with E-state index in [9.17, 15) is 0 Å². The topological polar surface area (TPSA) is 67.8 Å². The molecule has 4 heteroatoms. The Kier molecular flexibility index (Phi) is 1.18. The summed E-state index contributed by atoms with van der Waals surface area (Å²) < 4.78 is 4.70. The molecular weight excluding hydrogens is 142 g/mol. The summed E-state index contributed by atoms with van der Waals surface area (Å²) in [6.45, 7) is 0. The molecule has 0 fully saturated rings. The minimum Gasteiger partial charge on any atom is -0.367 e. The van der Waals surface area contributed by atoms with Gasteiger partial charge in [-0.1, -0.05) is 5.16 Å². The molecule has 0 aliphatic carbocycles. The molecule has 11 heavy (non-hydrogen) atoms. The monoisotopic (exact) mass is 149 g/mol. The number of nitrogens with two attached hydrogens (primary N) is 1. The average Bonchev–Trinajstić information content (AvgIpc) is 2.55. The fourth-order valence-electron chi connectivity index (χ4n) is 0.957. The van der Waals surface area contributed by atoms with Gasteiger partial charge in [0.15, 0.2) is 0 Å². The van der Waals surface area contributed by atoms with E-state index in [1.807, 2.05) is 18.5 Å². The zero-order chi connectivity index (χ0) is 7.68. The van der Waals surface area contributed by atoms with Crippen LogP contribution < -0.4 is 5.73 Å². The molecule has 0 radical (unpaired) electrons. The van der Waals surface area contributed by atoms with Gasteiger partial charge in [0, 0.05) is 18.0 Å². The van der Waals surface area contributed by atoms with Gasteiger partial charge in [-0.15, -0.1) is 0 Å². The first-order chi connectivity index (χ1) is 5.38. The highest BCUT2D eigenvalue weighted by molar-refractivity contribution is 5.70. The largest absolute Gasteiger partial charge is 0.367 e. The second kappa shape index (κ2) is 2.16. The van der Waals surface area contributed by atoms with Gasteiger partial charge in [0.05, 0.1) is 11.8 Å². The summed E-state index contributed by atoms with van der Waals surface area (Å²) in [7, 11) is 0. The van der Waals surface area contributed by atoms with Crippen molar-refractivity contribution in [3.05, 3.63) is 24.7 Å². The van der Waals surface area contributed by atoms with E-state index in [2.05, 4.69) is 10.1 Å². The number of rotatable bonds is 1. The number of hydrogen-bond acceptors (Lipinski definition) is 3. The molecule has 0 atom stereocenters. The van der Waals surface area contributed by atoms with Crippen LogP contribution in [-0.4, -0.2) is 10.1 Å². The Morgan fingerprint density at radius 1 is 1.55 bits per heavy atom. The van der Waals surface area contributed by atoms with Crippen molar-refractivity contribution in [2.45, 2.75) is 0 Å². The number of aromatic amines is 1. The Hall–Kier alpha value is -1.71. The Balaban J connectivity index is 2.53. The lowest BCUT2D eigenvalue weighted by atomic mass is 10.2. The molecule has 2 aromatic rings. The first-order valence-electron chi connectivity index (χ1n) is 3.21.